The van der Waals surface area contributed by atoms with Crippen LogP contribution in [0.2, 0.25) is 0 Å². The van der Waals surface area contributed by atoms with E-state index in [1.165, 1.54) is 19.2 Å². The van der Waals surface area contributed by atoms with Crippen molar-refractivity contribution in [2.45, 2.75) is 18.2 Å². The van der Waals surface area contributed by atoms with Gasteiger partial charge in [0.1, 0.15) is 5.75 Å². The average Bonchev–Trinajstić information content (AvgIpc) is 2.62. The summed E-state index contributed by atoms with van der Waals surface area (Å²) >= 11 is 0. The molecule has 2 aromatic carbocycles. The molecular weight excluding hydrogens is 340 g/mol. The molecule has 0 spiro atoms. The Morgan fingerprint density at radius 1 is 1.04 bits per heavy atom. The third-order valence-electron chi connectivity index (χ3n) is 3.78. The zero-order chi connectivity index (χ0) is 18.3. The topological polar surface area (TPSA) is 69.7 Å². The van der Waals surface area contributed by atoms with E-state index in [-0.39, 0.29) is 17.3 Å². The fourth-order valence-electron chi connectivity index (χ4n) is 2.51. The first-order valence-electron chi connectivity index (χ1n) is 8.03. The van der Waals surface area contributed by atoms with Crippen LogP contribution in [0.1, 0.15) is 12.5 Å². The van der Waals surface area contributed by atoms with Gasteiger partial charge in [0.2, 0.25) is 0 Å². The van der Waals surface area contributed by atoms with E-state index in [2.05, 4.69) is 0 Å². The standard InChI is InChI=1S/C19H22O5S/c1-3-24-19(20)16(13-15-7-5-4-6-8-15)14-25(21,22)18-11-9-17(23-2)10-12-18/h4-12,16H,3,13-14H2,1-2H3. The first-order valence-corrected chi connectivity index (χ1v) is 9.69. The van der Waals surface area contributed by atoms with Crippen molar-refractivity contribution in [2.24, 2.45) is 5.92 Å². The molecule has 134 valence electrons. The van der Waals surface area contributed by atoms with Gasteiger partial charge in [0, 0.05) is 0 Å². The van der Waals surface area contributed by atoms with Gasteiger partial charge < -0.3 is 9.47 Å². The molecule has 6 heteroatoms. The lowest BCUT2D eigenvalue weighted by molar-refractivity contribution is -0.147. The van der Waals surface area contributed by atoms with Gasteiger partial charge in [-0.1, -0.05) is 30.3 Å². The van der Waals surface area contributed by atoms with Crippen molar-refractivity contribution >= 4 is 15.8 Å². The van der Waals surface area contributed by atoms with Crippen LogP contribution in [-0.2, 0) is 25.8 Å². The summed E-state index contributed by atoms with van der Waals surface area (Å²) in [6, 6.07) is 15.5. The Kier molecular flexibility index (Phi) is 6.58. The average molecular weight is 362 g/mol. The predicted octanol–water partition coefficient (Wildman–Crippen LogP) is 2.89. The number of hydrogen-bond acceptors (Lipinski definition) is 5. The molecule has 0 aliphatic carbocycles. The van der Waals surface area contributed by atoms with E-state index in [4.69, 9.17) is 9.47 Å². The zero-order valence-corrected chi connectivity index (χ0v) is 15.2. The molecule has 2 aromatic rings. The Balaban J connectivity index is 2.22. The fraction of sp³-hybridized carbons (Fsp3) is 0.316. The lowest BCUT2D eigenvalue weighted by Crippen LogP contribution is -2.28. The van der Waals surface area contributed by atoms with Gasteiger partial charge in [-0.05, 0) is 43.2 Å². The summed E-state index contributed by atoms with van der Waals surface area (Å²) in [5.41, 5.74) is 0.894. The van der Waals surface area contributed by atoms with Gasteiger partial charge in [-0.15, -0.1) is 0 Å². The molecule has 2 rings (SSSR count). The van der Waals surface area contributed by atoms with Gasteiger partial charge in [-0.25, -0.2) is 8.42 Å². The molecular formula is C19H22O5S. The van der Waals surface area contributed by atoms with Crippen molar-refractivity contribution in [3.63, 3.8) is 0 Å². The van der Waals surface area contributed by atoms with E-state index in [0.29, 0.717) is 12.2 Å². The van der Waals surface area contributed by atoms with Crippen molar-refractivity contribution in [3.8, 4) is 5.75 Å². The van der Waals surface area contributed by atoms with Crippen LogP contribution in [0.15, 0.2) is 59.5 Å². The van der Waals surface area contributed by atoms with Crippen LogP contribution in [0.3, 0.4) is 0 Å². The molecule has 25 heavy (non-hydrogen) atoms. The van der Waals surface area contributed by atoms with Crippen molar-refractivity contribution in [3.05, 3.63) is 60.2 Å². The summed E-state index contributed by atoms with van der Waals surface area (Å²) in [4.78, 5) is 12.4. The highest BCUT2D eigenvalue weighted by molar-refractivity contribution is 7.91. The Labute approximate surface area is 148 Å². The molecule has 0 aliphatic rings. The molecule has 0 amide bonds. The normalized spacial score (nSPS) is 12.4. The summed E-state index contributed by atoms with van der Waals surface area (Å²) < 4.78 is 35.5. The molecule has 0 bridgehead atoms. The third-order valence-corrected chi connectivity index (χ3v) is 5.62. The first kappa shape index (κ1) is 19.0. The molecule has 0 saturated carbocycles. The lowest BCUT2D eigenvalue weighted by Gasteiger charge is -2.16. The second kappa shape index (κ2) is 8.67. The van der Waals surface area contributed by atoms with Crippen LogP contribution >= 0.6 is 0 Å². The number of benzene rings is 2. The van der Waals surface area contributed by atoms with Gasteiger partial charge in [-0.3, -0.25) is 4.79 Å². The van der Waals surface area contributed by atoms with Gasteiger partial charge in [0.05, 0.1) is 30.3 Å². The summed E-state index contributed by atoms with van der Waals surface area (Å²) in [6.07, 6.45) is 0.315. The van der Waals surface area contributed by atoms with E-state index < -0.39 is 21.7 Å². The minimum absolute atomic E-state index is 0.163. The Bertz CT molecular complexity index is 782. The Hall–Kier alpha value is -2.34. The van der Waals surface area contributed by atoms with Crippen molar-refractivity contribution < 1.29 is 22.7 Å². The van der Waals surface area contributed by atoms with E-state index in [0.717, 1.165) is 5.56 Å². The van der Waals surface area contributed by atoms with Crippen LogP contribution < -0.4 is 4.74 Å². The van der Waals surface area contributed by atoms with Gasteiger partial charge in [0.15, 0.2) is 9.84 Å². The van der Waals surface area contributed by atoms with Crippen LogP contribution in [0.5, 0.6) is 5.75 Å². The molecule has 0 aliphatic heterocycles. The highest BCUT2D eigenvalue weighted by Crippen LogP contribution is 2.21. The number of sulfone groups is 1. The maximum atomic E-state index is 12.7. The van der Waals surface area contributed by atoms with Gasteiger partial charge >= 0.3 is 5.97 Å². The highest BCUT2D eigenvalue weighted by atomic mass is 32.2. The number of methoxy groups -OCH3 is 1. The van der Waals surface area contributed by atoms with E-state index in [1.54, 1.807) is 19.1 Å². The number of carbonyl (C=O) groups excluding carboxylic acids is 1. The van der Waals surface area contributed by atoms with Crippen LogP contribution in [0.4, 0.5) is 0 Å². The van der Waals surface area contributed by atoms with Crippen LogP contribution in [0, 0.1) is 5.92 Å². The second-order valence-corrected chi connectivity index (χ2v) is 7.63. The largest absolute Gasteiger partial charge is 0.497 e. The number of rotatable bonds is 8. The molecule has 0 fully saturated rings. The molecule has 1 unspecified atom stereocenters. The van der Waals surface area contributed by atoms with Crippen molar-refractivity contribution in [1.82, 2.24) is 0 Å². The summed E-state index contributed by atoms with van der Waals surface area (Å²) in [5.74, 6) is -0.976. The molecule has 0 radical (unpaired) electrons. The van der Waals surface area contributed by atoms with E-state index in [1.807, 2.05) is 30.3 Å². The molecule has 0 aromatic heterocycles. The smallest absolute Gasteiger partial charge is 0.310 e. The highest BCUT2D eigenvalue weighted by Gasteiger charge is 2.28. The summed E-state index contributed by atoms with van der Waals surface area (Å²) in [7, 11) is -2.11. The number of carbonyl (C=O) groups is 1. The lowest BCUT2D eigenvalue weighted by atomic mass is 10.0. The number of esters is 1. The number of ether oxygens (including phenoxy) is 2. The molecule has 0 heterocycles. The predicted molar refractivity (Wildman–Crippen MR) is 95.3 cm³/mol. The monoisotopic (exact) mass is 362 g/mol. The quantitative estimate of drug-likeness (QED) is 0.676. The van der Waals surface area contributed by atoms with Gasteiger partial charge in [-0.2, -0.15) is 0 Å². The SMILES string of the molecule is CCOC(=O)C(Cc1ccccc1)CS(=O)(=O)c1ccc(OC)cc1. The Morgan fingerprint density at radius 3 is 2.24 bits per heavy atom. The third kappa shape index (κ3) is 5.32. The molecule has 1 atom stereocenters. The van der Waals surface area contributed by atoms with E-state index in [9.17, 15) is 13.2 Å². The van der Waals surface area contributed by atoms with Crippen molar-refractivity contribution in [2.75, 3.05) is 19.5 Å². The maximum Gasteiger partial charge on any atom is 0.310 e. The maximum absolute atomic E-state index is 12.7. The van der Waals surface area contributed by atoms with E-state index >= 15 is 0 Å². The fourth-order valence-corrected chi connectivity index (χ4v) is 4.04. The molecule has 0 N–H and O–H groups in total. The minimum atomic E-state index is -3.62. The summed E-state index contributed by atoms with van der Waals surface area (Å²) in [6.45, 7) is 1.92. The Morgan fingerprint density at radius 2 is 1.68 bits per heavy atom. The zero-order valence-electron chi connectivity index (χ0n) is 14.3. The number of hydrogen-bond donors (Lipinski definition) is 0. The first-order chi connectivity index (χ1) is 12.0. The van der Waals surface area contributed by atoms with Crippen molar-refractivity contribution in [1.29, 1.82) is 0 Å². The van der Waals surface area contributed by atoms with Crippen LogP contribution in [-0.4, -0.2) is 33.9 Å². The molecule has 0 saturated heterocycles. The van der Waals surface area contributed by atoms with Crippen LogP contribution in [0.25, 0.3) is 0 Å². The minimum Gasteiger partial charge on any atom is -0.497 e. The summed E-state index contributed by atoms with van der Waals surface area (Å²) in [5, 5.41) is 0. The van der Waals surface area contributed by atoms with Gasteiger partial charge in [0.25, 0.3) is 0 Å². The molecule has 5 nitrogen and oxygen atoms in total. The second-order valence-electron chi connectivity index (χ2n) is 5.60.